The molecule has 0 aliphatic carbocycles. The number of hydrogen-bond donors (Lipinski definition) is 2. The summed E-state index contributed by atoms with van der Waals surface area (Å²) in [5, 5.41) is 2.88. The predicted molar refractivity (Wildman–Crippen MR) is 124 cm³/mol. The van der Waals surface area contributed by atoms with Gasteiger partial charge < -0.3 is 10.1 Å². The number of anilines is 2. The van der Waals surface area contributed by atoms with Crippen LogP contribution in [0.25, 0.3) is 0 Å². The van der Waals surface area contributed by atoms with Gasteiger partial charge in [-0.25, -0.2) is 22.0 Å². The van der Waals surface area contributed by atoms with Gasteiger partial charge in [-0.3, -0.25) is 9.52 Å². The Morgan fingerprint density at radius 3 is 2.29 bits per heavy atom. The summed E-state index contributed by atoms with van der Waals surface area (Å²) in [6.45, 7) is 1.36. The smallest absolute Gasteiger partial charge is 0.338 e. The van der Waals surface area contributed by atoms with E-state index >= 15 is 0 Å². The number of carbonyl (C=O) groups excluding carboxylic acids is 2. The summed E-state index contributed by atoms with van der Waals surface area (Å²) >= 11 is 11.9. The van der Waals surface area contributed by atoms with Gasteiger partial charge in [0.1, 0.15) is 0 Å². The van der Waals surface area contributed by atoms with E-state index in [1.54, 1.807) is 12.1 Å². The zero-order valence-corrected chi connectivity index (χ0v) is 19.6. The second-order valence-corrected chi connectivity index (χ2v) is 9.36. The third-order valence-electron chi connectivity index (χ3n) is 4.44. The first kappa shape index (κ1) is 25.4. The molecule has 178 valence electrons. The van der Waals surface area contributed by atoms with Crippen LogP contribution in [-0.2, 0) is 19.6 Å². The zero-order chi connectivity index (χ0) is 25.0. The molecule has 0 spiro atoms. The third-order valence-corrected chi connectivity index (χ3v) is 6.63. The molecule has 0 bridgehead atoms. The van der Waals surface area contributed by atoms with E-state index in [2.05, 4.69) is 10.0 Å². The standard InChI is InChI=1S/C22H16Cl2F2N2O5S/c1-12(21(29)27-19-4-2-3-16(23)20(19)24)33-22(30)13-5-7-14(8-6-13)28-34(31,32)15-9-10-17(25)18(26)11-15/h2-12,28H,1H3,(H,27,29)/t12-/m0/s1. The second kappa shape index (κ2) is 10.4. The van der Waals surface area contributed by atoms with E-state index in [1.807, 2.05) is 0 Å². The van der Waals surface area contributed by atoms with Gasteiger partial charge in [-0.15, -0.1) is 0 Å². The molecule has 2 N–H and O–H groups in total. The summed E-state index contributed by atoms with van der Waals surface area (Å²) in [6, 6.07) is 11.9. The van der Waals surface area contributed by atoms with Gasteiger partial charge in [-0.2, -0.15) is 0 Å². The maximum Gasteiger partial charge on any atom is 0.338 e. The highest BCUT2D eigenvalue weighted by Crippen LogP contribution is 2.29. The molecule has 0 saturated carbocycles. The molecular weight excluding hydrogens is 513 g/mol. The molecular formula is C22H16Cl2F2N2O5S. The zero-order valence-electron chi connectivity index (χ0n) is 17.3. The van der Waals surface area contributed by atoms with Gasteiger partial charge in [0.25, 0.3) is 15.9 Å². The molecule has 3 aromatic carbocycles. The number of amides is 1. The normalized spacial score (nSPS) is 12.0. The lowest BCUT2D eigenvalue weighted by Gasteiger charge is -2.15. The monoisotopic (exact) mass is 528 g/mol. The van der Waals surface area contributed by atoms with Gasteiger partial charge >= 0.3 is 5.97 Å². The van der Waals surface area contributed by atoms with Crippen molar-refractivity contribution < 1.29 is 31.5 Å². The molecule has 0 radical (unpaired) electrons. The fraction of sp³-hybridized carbons (Fsp3) is 0.0909. The highest BCUT2D eigenvalue weighted by molar-refractivity contribution is 7.92. The van der Waals surface area contributed by atoms with Gasteiger partial charge in [-0.1, -0.05) is 29.3 Å². The van der Waals surface area contributed by atoms with Gasteiger partial charge in [0, 0.05) is 5.69 Å². The predicted octanol–water partition coefficient (Wildman–Crippen LogP) is 5.26. The fourth-order valence-electron chi connectivity index (χ4n) is 2.65. The van der Waals surface area contributed by atoms with Crippen molar-refractivity contribution in [2.75, 3.05) is 10.0 Å². The molecule has 1 atom stereocenters. The Bertz CT molecular complexity index is 1350. The Balaban J connectivity index is 1.63. The summed E-state index contributed by atoms with van der Waals surface area (Å²) in [5.41, 5.74) is 0.346. The first-order valence-electron chi connectivity index (χ1n) is 9.52. The van der Waals surface area contributed by atoms with E-state index in [0.717, 1.165) is 6.07 Å². The average molecular weight is 529 g/mol. The van der Waals surface area contributed by atoms with Crippen molar-refractivity contribution in [2.24, 2.45) is 0 Å². The van der Waals surface area contributed by atoms with Crippen molar-refractivity contribution in [3.63, 3.8) is 0 Å². The molecule has 12 heteroatoms. The van der Waals surface area contributed by atoms with Crippen molar-refractivity contribution in [2.45, 2.75) is 17.9 Å². The van der Waals surface area contributed by atoms with Crippen LogP contribution in [0.1, 0.15) is 17.3 Å². The Labute approximate surface area is 203 Å². The lowest BCUT2D eigenvalue weighted by atomic mass is 10.2. The van der Waals surface area contributed by atoms with Crippen LogP contribution in [0.4, 0.5) is 20.2 Å². The van der Waals surface area contributed by atoms with E-state index in [4.69, 9.17) is 27.9 Å². The Morgan fingerprint density at radius 1 is 0.971 bits per heavy atom. The van der Waals surface area contributed by atoms with Crippen LogP contribution in [0.3, 0.4) is 0 Å². The first-order valence-corrected chi connectivity index (χ1v) is 11.8. The van der Waals surface area contributed by atoms with Gasteiger partial charge in [-0.05, 0) is 61.5 Å². The van der Waals surface area contributed by atoms with Crippen LogP contribution in [-0.4, -0.2) is 26.4 Å². The molecule has 0 saturated heterocycles. The largest absolute Gasteiger partial charge is 0.449 e. The maximum atomic E-state index is 13.4. The van der Waals surface area contributed by atoms with E-state index in [-0.39, 0.29) is 27.0 Å². The molecule has 3 rings (SSSR count). The van der Waals surface area contributed by atoms with Crippen LogP contribution in [0, 0.1) is 11.6 Å². The number of nitrogens with one attached hydrogen (secondary N) is 2. The van der Waals surface area contributed by atoms with E-state index < -0.39 is 44.5 Å². The summed E-state index contributed by atoms with van der Waals surface area (Å²) in [4.78, 5) is 24.2. The Hall–Kier alpha value is -3.21. The van der Waals surface area contributed by atoms with Crippen LogP contribution >= 0.6 is 23.2 Å². The fourth-order valence-corrected chi connectivity index (χ4v) is 4.07. The lowest BCUT2D eigenvalue weighted by molar-refractivity contribution is -0.123. The van der Waals surface area contributed by atoms with Crippen LogP contribution in [0.15, 0.2) is 65.6 Å². The van der Waals surface area contributed by atoms with Crippen LogP contribution < -0.4 is 10.0 Å². The highest BCUT2D eigenvalue weighted by Gasteiger charge is 2.21. The van der Waals surface area contributed by atoms with Gasteiger partial charge in [0.05, 0.1) is 26.2 Å². The maximum absolute atomic E-state index is 13.4. The first-order chi connectivity index (χ1) is 16.0. The van der Waals surface area contributed by atoms with Crippen molar-refractivity contribution >= 4 is 56.5 Å². The SMILES string of the molecule is C[C@H](OC(=O)c1ccc(NS(=O)(=O)c2ccc(F)c(F)c2)cc1)C(=O)Nc1cccc(Cl)c1Cl. The van der Waals surface area contributed by atoms with Crippen molar-refractivity contribution in [1.29, 1.82) is 0 Å². The molecule has 0 unspecified atom stereocenters. The molecule has 0 heterocycles. The number of esters is 1. The lowest BCUT2D eigenvalue weighted by Crippen LogP contribution is -2.30. The highest BCUT2D eigenvalue weighted by atomic mass is 35.5. The Morgan fingerprint density at radius 2 is 1.65 bits per heavy atom. The molecule has 34 heavy (non-hydrogen) atoms. The van der Waals surface area contributed by atoms with Gasteiger partial charge in [0.15, 0.2) is 17.7 Å². The number of sulfonamides is 1. The summed E-state index contributed by atoms with van der Waals surface area (Å²) in [7, 11) is -4.20. The molecule has 1 amide bonds. The topological polar surface area (TPSA) is 102 Å². The minimum atomic E-state index is -4.20. The molecule has 0 fully saturated rings. The number of ether oxygens (including phenoxy) is 1. The number of rotatable bonds is 7. The summed E-state index contributed by atoms with van der Waals surface area (Å²) < 4.78 is 58.4. The van der Waals surface area contributed by atoms with Crippen molar-refractivity contribution in [3.05, 3.63) is 87.9 Å². The second-order valence-electron chi connectivity index (χ2n) is 6.90. The van der Waals surface area contributed by atoms with Crippen molar-refractivity contribution in [1.82, 2.24) is 0 Å². The molecule has 0 aliphatic heterocycles. The van der Waals surface area contributed by atoms with E-state index in [1.165, 1.54) is 37.3 Å². The molecule has 0 aromatic heterocycles. The van der Waals surface area contributed by atoms with Crippen LogP contribution in [0.5, 0.6) is 0 Å². The summed E-state index contributed by atoms with van der Waals surface area (Å²) in [5.74, 6) is -3.97. The quantitative estimate of drug-likeness (QED) is 0.407. The minimum absolute atomic E-state index is 0.0382. The van der Waals surface area contributed by atoms with E-state index in [9.17, 15) is 26.8 Å². The molecule has 0 aliphatic rings. The third kappa shape index (κ3) is 6.02. The van der Waals surface area contributed by atoms with Crippen LogP contribution in [0.2, 0.25) is 10.0 Å². The summed E-state index contributed by atoms with van der Waals surface area (Å²) in [6.07, 6.45) is -1.19. The van der Waals surface area contributed by atoms with E-state index in [0.29, 0.717) is 12.1 Å². The Kier molecular flexibility index (Phi) is 7.75. The number of hydrogen-bond acceptors (Lipinski definition) is 5. The minimum Gasteiger partial charge on any atom is -0.449 e. The number of halogens is 4. The number of carbonyl (C=O) groups is 2. The van der Waals surface area contributed by atoms with Gasteiger partial charge in [0.2, 0.25) is 0 Å². The average Bonchev–Trinajstić information content (AvgIpc) is 2.78. The van der Waals surface area contributed by atoms with Crippen molar-refractivity contribution in [3.8, 4) is 0 Å². The molecule has 7 nitrogen and oxygen atoms in total. The number of benzene rings is 3. The molecule has 3 aromatic rings.